The largest absolute Gasteiger partial charge is 0.469 e. The molecule has 2 aromatic rings. The fourth-order valence-corrected chi connectivity index (χ4v) is 2.93. The maximum absolute atomic E-state index is 10.8. The van der Waals surface area contributed by atoms with E-state index in [4.69, 9.17) is 19.9 Å². The summed E-state index contributed by atoms with van der Waals surface area (Å²) in [6, 6.07) is 14.0. The lowest BCUT2D eigenvalue weighted by Gasteiger charge is -2.23. The number of rotatable bonds is 9. The molecule has 1 unspecified atom stereocenters. The van der Waals surface area contributed by atoms with E-state index in [0.717, 1.165) is 25.0 Å². The lowest BCUT2D eigenvalue weighted by molar-refractivity contribution is 0.154. The monoisotopic (exact) mass is 391 g/mol. The Morgan fingerprint density at radius 3 is 2.63 bits per heavy atom. The summed E-state index contributed by atoms with van der Waals surface area (Å²) >= 11 is 0. The van der Waals surface area contributed by atoms with Crippen molar-refractivity contribution in [1.82, 2.24) is 0 Å². The summed E-state index contributed by atoms with van der Waals surface area (Å²) in [5.41, 5.74) is 6.45. The average Bonchev–Trinajstić information content (AvgIpc) is 3.07. The van der Waals surface area contributed by atoms with Gasteiger partial charge in [-0.2, -0.15) is 0 Å². The van der Waals surface area contributed by atoms with Crippen LogP contribution in [-0.4, -0.2) is 21.9 Å². The van der Waals surface area contributed by atoms with Crippen LogP contribution in [0.3, 0.4) is 0 Å². The Hall–Kier alpha value is -1.87. The first-order valence-electron chi connectivity index (χ1n) is 8.84. The van der Waals surface area contributed by atoms with Gasteiger partial charge in [0.15, 0.2) is 5.76 Å². The second kappa shape index (κ2) is 9.89. The van der Waals surface area contributed by atoms with Crippen molar-refractivity contribution in [2.45, 2.75) is 44.6 Å². The van der Waals surface area contributed by atoms with Crippen molar-refractivity contribution in [3.63, 3.8) is 0 Å². The Bertz CT molecular complexity index is 814. The quantitative estimate of drug-likeness (QED) is 0.344. The molecule has 2 rings (SSSR count). The Morgan fingerprint density at radius 1 is 1.19 bits per heavy atom. The minimum absolute atomic E-state index is 0.230. The minimum atomic E-state index is -4.51. The summed E-state index contributed by atoms with van der Waals surface area (Å²) in [6.07, 6.45) is 3.80. The second-order valence-electron chi connectivity index (χ2n) is 6.82. The van der Waals surface area contributed by atoms with E-state index < -0.39 is 13.4 Å². The summed E-state index contributed by atoms with van der Waals surface area (Å²) in [5.74, 6) is 7.48. The molecule has 0 bridgehead atoms. The van der Waals surface area contributed by atoms with Crippen molar-refractivity contribution >= 4 is 7.82 Å². The van der Waals surface area contributed by atoms with Crippen LogP contribution in [0.4, 0.5) is 0 Å². The van der Waals surface area contributed by atoms with Gasteiger partial charge < -0.3 is 19.9 Å². The number of furan rings is 1. The fourth-order valence-electron chi connectivity index (χ4n) is 2.47. The third-order valence-electron chi connectivity index (χ3n) is 3.99. The van der Waals surface area contributed by atoms with Crippen LogP contribution in [0.2, 0.25) is 0 Å². The van der Waals surface area contributed by atoms with Crippen LogP contribution < -0.4 is 5.73 Å². The molecule has 4 N–H and O–H groups in total. The molecule has 0 spiro atoms. The smallest absolute Gasteiger partial charge is 0.453 e. The van der Waals surface area contributed by atoms with E-state index in [1.165, 1.54) is 5.56 Å². The van der Waals surface area contributed by atoms with Crippen LogP contribution in [-0.2, 0) is 21.9 Å². The third kappa shape index (κ3) is 9.05. The van der Waals surface area contributed by atoms with Gasteiger partial charge in [-0.05, 0) is 49.8 Å². The van der Waals surface area contributed by atoms with Crippen LogP contribution in [0.25, 0.3) is 0 Å². The molecule has 7 heteroatoms. The molecule has 1 heterocycles. The Kier molecular flexibility index (Phi) is 7.85. The number of aryl methyl sites for hydroxylation is 2. The molecular weight excluding hydrogens is 365 g/mol. The van der Waals surface area contributed by atoms with Crippen molar-refractivity contribution in [3.8, 4) is 11.8 Å². The molecule has 0 aliphatic carbocycles. The highest BCUT2D eigenvalue weighted by Gasteiger charge is 2.24. The zero-order chi connectivity index (χ0) is 19.8. The van der Waals surface area contributed by atoms with Gasteiger partial charge in [0, 0.05) is 18.4 Å². The van der Waals surface area contributed by atoms with E-state index in [-0.39, 0.29) is 6.61 Å². The predicted molar refractivity (Wildman–Crippen MR) is 104 cm³/mol. The zero-order valence-corrected chi connectivity index (χ0v) is 16.3. The maximum atomic E-state index is 10.8. The molecule has 1 aromatic carbocycles. The number of phosphoric acid groups is 1. The molecule has 6 nitrogen and oxygen atoms in total. The molecule has 0 aliphatic rings. The van der Waals surface area contributed by atoms with E-state index in [2.05, 4.69) is 28.5 Å². The number of hydrogen-bond donors (Lipinski definition) is 3. The van der Waals surface area contributed by atoms with Crippen molar-refractivity contribution in [3.05, 3.63) is 59.5 Å². The molecule has 0 radical (unpaired) electrons. The van der Waals surface area contributed by atoms with E-state index in [0.29, 0.717) is 18.6 Å². The zero-order valence-electron chi connectivity index (χ0n) is 15.4. The van der Waals surface area contributed by atoms with Crippen LogP contribution in [0, 0.1) is 11.8 Å². The van der Waals surface area contributed by atoms with Gasteiger partial charge in [-0.25, -0.2) is 4.57 Å². The van der Waals surface area contributed by atoms with Gasteiger partial charge in [0.25, 0.3) is 0 Å². The number of benzene rings is 1. The fraction of sp³-hybridized carbons (Fsp3) is 0.400. The third-order valence-corrected chi connectivity index (χ3v) is 4.45. The number of phosphoric ester groups is 1. The first kappa shape index (κ1) is 21.4. The van der Waals surface area contributed by atoms with Gasteiger partial charge in [-0.1, -0.05) is 36.3 Å². The first-order valence-corrected chi connectivity index (χ1v) is 10.4. The predicted octanol–water partition coefficient (Wildman–Crippen LogP) is 3.41. The topological polar surface area (TPSA) is 106 Å². The Labute approximate surface area is 160 Å². The van der Waals surface area contributed by atoms with E-state index in [1.807, 2.05) is 30.3 Å². The lowest BCUT2D eigenvalue weighted by Crippen LogP contribution is -2.41. The highest BCUT2D eigenvalue weighted by atomic mass is 31.2. The molecule has 27 heavy (non-hydrogen) atoms. The first-order chi connectivity index (χ1) is 12.7. The highest BCUT2D eigenvalue weighted by molar-refractivity contribution is 7.46. The molecule has 0 saturated heterocycles. The normalized spacial score (nSPS) is 13.6. The van der Waals surface area contributed by atoms with E-state index in [9.17, 15) is 4.57 Å². The standard InChI is InChI=1S/C20H26NO5P/c1-20(21,16-25-27(22,23)24)15-14-19-13-12-18(26-19)11-7-3-6-10-17-8-4-2-5-9-17/h2,4-5,8-9,12-13H,3,6,10,14-16,21H2,1H3,(H2,22,23,24). The maximum Gasteiger partial charge on any atom is 0.469 e. The molecule has 146 valence electrons. The van der Waals surface area contributed by atoms with Crippen molar-refractivity contribution < 1.29 is 23.3 Å². The summed E-state index contributed by atoms with van der Waals surface area (Å²) in [5, 5.41) is 0. The van der Waals surface area contributed by atoms with Crippen molar-refractivity contribution in [2.24, 2.45) is 5.73 Å². The summed E-state index contributed by atoms with van der Waals surface area (Å²) in [4.78, 5) is 17.5. The van der Waals surface area contributed by atoms with Gasteiger partial charge in [0.2, 0.25) is 0 Å². The molecule has 0 fully saturated rings. The van der Waals surface area contributed by atoms with Crippen LogP contribution in [0.1, 0.15) is 43.3 Å². The van der Waals surface area contributed by atoms with Crippen LogP contribution in [0.5, 0.6) is 0 Å². The summed E-state index contributed by atoms with van der Waals surface area (Å²) in [7, 11) is -4.51. The Morgan fingerprint density at radius 2 is 1.93 bits per heavy atom. The van der Waals surface area contributed by atoms with Crippen molar-refractivity contribution in [2.75, 3.05) is 6.61 Å². The van der Waals surface area contributed by atoms with Gasteiger partial charge >= 0.3 is 7.82 Å². The van der Waals surface area contributed by atoms with Gasteiger partial charge in [0.1, 0.15) is 5.76 Å². The van der Waals surface area contributed by atoms with E-state index >= 15 is 0 Å². The molecule has 1 atom stereocenters. The number of hydrogen-bond acceptors (Lipinski definition) is 4. The average molecular weight is 391 g/mol. The molecule has 0 aliphatic heterocycles. The lowest BCUT2D eigenvalue weighted by atomic mass is 9.98. The van der Waals surface area contributed by atoms with Crippen LogP contribution in [0.15, 0.2) is 46.9 Å². The molecule has 0 amide bonds. The van der Waals surface area contributed by atoms with Gasteiger partial charge in [0.05, 0.1) is 6.61 Å². The van der Waals surface area contributed by atoms with Crippen LogP contribution >= 0.6 is 7.82 Å². The minimum Gasteiger partial charge on any atom is -0.453 e. The highest BCUT2D eigenvalue weighted by Crippen LogP contribution is 2.36. The summed E-state index contributed by atoms with van der Waals surface area (Å²) in [6.45, 7) is 1.45. The molecular formula is C20H26NO5P. The van der Waals surface area contributed by atoms with Gasteiger partial charge in [-0.15, -0.1) is 0 Å². The van der Waals surface area contributed by atoms with E-state index in [1.54, 1.807) is 6.92 Å². The number of nitrogens with two attached hydrogens (primary N) is 1. The SMILES string of the molecule is CC(N)(CCc1ccc(C#CCCCc2ccccc2)o1)COP(=O)(O)O. The van der Waals surface area contributed by atoms with Crippen molar-refractivity contribution in [1.29, 1.82) is 0 Å². The molecule has 0 saturated carbocycles. The second-order valence-corrected chi connectivity index (χ2v) is 8.06. The number of unbranched alkanes of at least 4 members (excludes halogenated alkanes) is 1. The molecule has 1 aromatic heterocycles. The van der Waals surface area contributed by atoms with Gasteiger partial charge in [-0.3, -0.25) is 4.52 Å². The Balaban J connectivity index is 1.74. The summed E-state index contributed by atoms with van der Waals surface area (Å²) < 4.78 is 20.9.